The molecule has 0 bridgehead atoms. The standard InChI is InChI=1S/C23H21N3O2/c27-23(24-20-14-8-3-9-15-20)26(16-18-10-4-1-5-11-18)21-17-28-22(25-21)19-12-6-2-7-13-19/h1-15,21H,16-17H2,(H,24,27). The van der Waals surface area contributed by atoms with E-state index in [1.54, 1.807) is 4.90 Å². The second-order valence-electron chi connectivity index (χ2n) is 6.50. The quantitative estimate of drug-likeness (QED) is 0.717. The number of carbonyl (C=O) groups excluding carboxylic acids is 1. The summed E-state index contributed by atoms with van der Waals surface area (Å²) in [6.07, 6.45) is -0.390. The average molecular weight is 371 g/mol. The van der Waals surface area contributed by atoms with Gasteiger partial charge in [-0.05, 0) is 29.8 Å². The number of carbonyl (C=O) groups is 1. The van der Waals surface area contributed by atoms with Crippen LogP contribution in [0.5, 0.6) is 0 Å². The highest BCUT2D eigenvalue weighted by atomic mass is 16.5. The van der Waals surface area contributed by atoms with Crippen LogP contribution in [0.3, 0.4) is 0 Å². The van der Waals surface area contributed by atoms with Gasteiger partial charge in [0.25, 0.3) is 0 Å². The number of aliphatic imine (C=N–C) groups is 1. The molecule has 0 saturated heterocycles. The molecule has 2 amide bonds. The topological polar surface area (TPSA) is 53.9 Å². The summed E-state index contributed by atoms with van der Waals surface area (Å²) in [5.41, 5.74) is 2.69. The van der Waals surface area contributed by atoms with Gasteiger partial charge in [-0.3, -0.25) is 4.90 Å². The monoisotopic (exact) mass is 371 g/mol. The van der Waals surface area contributed by atoms with Gasteiger partial charge < -0.3 is 10.1 Å². The summed E-state index contributed by atoms with van der Waals surface area (Å²) >= 11 is 0. The van der Waals surface area contributed by atoms with E-state index in [2.05, 4.69) is 10.3 Å². The first-order chi connectivity index (χ1) is 13.8. The first-order valence-corrected chi connectivity index (χ1v) is 9.22. The molecule has 28 heavy (non-hydrogen) atoms. The maximum absolute atomic E-state index is 13.0. The molecule has 0 radical (unpaired) electrons. The molecular weight excluding hydrogens is 350 g/mol. The van der Waals surface area contributed by atoms with Crippen LogP contribution in [-0.2, 0) is 11.3 Å². The predicted octanol–water partition coefficient (Wildman–Crippen LogP) is 4.52. The summed E-state index contributed by atoms with van der Waals surface area (Å²) < 4.78 is 5.80. The predicted molar refractivity (Wildman–Crippen MR) is 110 cm³/mol. The Balaban J connectivity index is 1.58. The lowest BCUT2D eigenvalue weighted by atomic mass is 10.2. The third kappa shape index (κ3) is 4.20. The number of anilines is 1. The van der Waals surface area contributed by atoms with Gasteiger partial charge in [0.2, 0.25) is 5.90 Å². The Morgan fingerprint density at radius 3 is 2.21 bits per heavy atom. The van der Waals surface area contributed by atoms with E-state index in [0.717, 1.165) is 16.8 Å². The van der Waals surface area contributed by atoms with Crippen LogP contribution in [0.1, 0.15) is 11.1 Å². The molecule has 5 nitrogen and oxygen atoms in total. The van der Waals surface area contributed by atoms with Crippen LogP contribution >= 0.6 is 0 Å². The second-order valence-corrected chi connectivity index (χ2v) is 6.50. The lowest BCUT2D eigenvalue weighted by Crippen LogP contribution is -2.42. The van der Waals surface area contributed by atoms with Crippen LogP contribution < -0.4 is 5.32 Å². The van der Waals surface area contributed by atoms with Crippen molar-refractivity contribution in [3.05, 3.63) is 102 Å². The highest BCUT2D eigenvalue weighted by Gasteiger charge is 2.29. The number of hydrogen-bond donors (Lipinski definition) is 1. The Hall–Kier alpha value is -3.60. The van der Waals surface area contributed by atoms with Gasteiger partial charge in [0.15, 0.2) is 6.17 Å². The van der Waals surface area contributed by atoms with Crippen LogP contribution in [0, 0.1) is 0 Å². The molecule has 3 aromatic rings. The van der Waals surface area contributed by atoms with Gasteiger partial charge in [0.05, 0.1) is 0 Å². The highest BCUT2D eigenvalue weighted by Crippen LogP contribution is 2.19. The lowest BCUT2D eigenvalue weighted by molar-refractivity contribution is 0.165. The molecule has 140 valence electrons. The highest BCUT2D eigenvalue weighted by molar-refractivity contribution is 5.96. The zero-order valence-electron chi connectivity index (χ0n) is 15.4. The first kappa shape index (κ1) is 17.8. The van der Waals surface area contributed by atoms with Crippen molar-refractivity contribution in [1.29, 1.82) is 0 Å². The smallest absolute Gasteiger partial charge is 0.323 e. The fraction of sp³-hybridized carbons (Fsp3) is 0.130. The van der Waals surface area contributed by atoms with Gasteiger partial charge in [-0.25, -0.2) is 9.79 Å². The van der Waals surface area contributed by atoms with E-state index >= 15 is 0 Å². The zero-order valence-corrected chi connectivity index (χ0v) is 15.4. The van der Waals surface area contributed by atoms with E-state index in [0.29, 0.717) is 19.0 Å². The number of hydrogen-bond acceptors (Lipinski definition) is 3. The molecule has 1 aliphatic rings. The minimum absolute atomic E-state index is 0.207. The molecule has 0 spiro atoms. The molecule has 0 aromatic heterocycles. The third-order valence-corrected chi connectivity index (χ3v) is 4.50. The second kappa shape index (κ2) is 8.39. The maximum Gasteiger partial charge on any atom is 0.323 e. The summed E-state index contributed by atoms with van der Waals surface area (Å²) in [5, 5.41) is 2.96. The maximum atomic E-state index is 13.0. The van der Waals surface area contributed by atoms with Crippen LogP contribution in [0.4, 0.5) is 10.5 Å². The Kier molecular flexibility index (Phi) is 5.33. The van der Waals surface area contributed by atoms with Crippen molar-refractivity contribution in [3.8, 4) is 0 Å². The number of benzene rings is 3. The number of para-hydroxylation sites is 1. The number of urea groups is 1. The fourth-order valence-electron chi connectivity index (χ4n) is 3.07. The van der Waals surface area contributed by atoms with Crippen molar-refractivity contribution in [2.75, 3.05) is 11.9 Å². The average Bonchev–Trinajstić information content (AvgIpc) is 3.24. The Bertz CT molecular complexity index is 943. The van der Waals surface area contributed by atoms with Gasteiger partial charge in [-0.2, -0.15) is 0 Å². The molecule has 3 aromatic carbocycles. The van der Waals surface area contributed by atoms with Crippen molar-refractivity contribution >= 4 is 17.6 Å². The summed E-state index contributed by atoms with van der Waals surface area (Å²) in [6.45, 7) is 0.776. The van der Waals surface area contributed by atoms with E-state index in [9.17, 15) is 4.79 Å². The molecule has 1 unspecified atom stereocenters. The normalized spacial score (nSPS) is 15.4. The van der Waals surface area contributed by atoms with Crippen molar-refractivity contribution in [1.82, 2.24) is 4.90 Å². The molecule has 1 heterocycles. The minimum Gasteiger partial charge on any atom is -0.473 e. The number of ether oxygens (including phenoxy) is 1. The summed E-state index contributed by atoms with van der Waals surface area (Å²) in [6, 6.07) is 28.8. The summed E-state index contributed by atoms with van der Waals surface area (Å²) in [7, 11) is 0. The number of nitrogens with zero attached hydrogens (tertiary/aromatic N) is 2. The SMILES string of the molecule is O=C(Nc1ccccc1)N(Cc1ccccc1)C1COC(c2ccccc2)=N1. The van der Waals surface area contributed by atoms with Crippen LogP contribution in [0.2, 0.25) is 0 Å². The van der Waals surface area contributed by atoms with E-state index in [1.807, 2.05) is 91.0 Å². The van der Waals surface area contributed by atoms with Crippen LogP contribution in [0.25, 0.3) is 0 Å². The van der Waals surface area contributed by atoms with Crippen molar-refractivity contribution in [3.63, 3.8) is 0 Å². The molecule has 0 fully saturated rings. The summed E-state index contributed by atoms with van der Waals surface area (Å²) in [5.74, 6) is 0.566. The van der Waals surface area contributed by atoms with Gasteiger partial charge in [-0.1, -0.05) is 66.7 Å². The first-order valence-electron chi connectivity index (χ1n) is 9.22. The van der Waals surface area contributed by atoms with Crippen LogP contribution in [0.15, 0.2) is 96.0 Å². The number of nitrogens with one attached hydrogen (secondary N) is 1. The van der Waals surface area contributed by atoms with Crippen molar-refractivity contribution in [2.45, 2.75) is 12.7 Å². The van der Waals surface area contributed by atoms with E-state index in [4.69, 9.17) is 4.74 Å². The molecule has 1 N–H and O–H groups in total. The van der Waals surface area contributed by atoms with E-state index < -0.39 is 0 Å². The Morgan fingerprint density at radius 2 is 1.54 bits per heavy atom. The van der Waals surface area contributed by atoms with Crippen molar-refractivity contribution < 1.29 is 9.53 Å². The van der Waals surface area contributed by atoms with Crippen molar-refractivity contribution in [2.24, 2.45) is 4.99 Å². The number of rotatable bonds is 5. The molecule has 1 aliphatic heterocycles. The van der Waals surface area contributed by atoms with E-state index in [-0.39, 0.29) is 12.2 Å². The fourth-order valence-corrected chi connectivity index (χ4v) is 3.07. The zero-order chi connectivity index (χ0) is 19.2. The summed E-state index contributed by atoms with van der Waals surface area (Å²) in [4.78, 5) is 19.4. The molecule has 0 saturated carbocycles. The van der Waals surface area contributed by atoms with Gasteiger partial charge in [-0.15, -0.1) is 0 Å². The molecule has 1 atom stereocenters. The molecule has 4 rings (SSSR count). The molecule has 0 aliphatic carbocycles. The molecule has 5 heteroatoms. The Labute approximate surface area is 164 Å². The van der Waals surface area contributed by atoms with Gasteiger partial charge >= 0.3 is 6.03 Å². The molecular formula is C23H21N3O2. The van der Waals surface area contributed by atoms with Gasteiger partial charge in [0.1, 0.15) is 6.61 Å². The van der Waals surface area contributed by atoms with Crippen LogP contribution in [-0.4, -0.2) is 29.6 Å². The lowest BCUT2D eigenvalue weighted by Gasteiger charge is -2.26. The minimum atomic E-state index is -0.390. The van der Waals surface area contributed by atoms with Gasteiger partial charge in [0, 0.05) is 17.8 Å². The third-order valence-electron chi connectivity index (χ3n) is 4.50. The largest absolute Gasteiger partial charge is 0.473 e. The van der Waals surface area contributed by atoms with E-state index in [1.165, 1.54) is 0 Å². The Morgan fingerprint density at radius 1 is 0.929 bits per heavy atom. The number of amides is 2.